The van der Waals surface area contributed by atoms with E-state index in [1.165, 1.54) is 13.2 Å². The van der Waals surface area contributed by atoms with Crippen LogP contribution in [0.1, 0.15) is 5.56 Å². The predicted octanol–water partition coefficient (Wildman–Crippen LogP) is 4.74. The normalized spacial score (nSPS) is 10.7. The Morgan fingerprint density at radius 2 is 1.62 bits per heavy atom. The molecule has 0 aliphatic heterocycles. The van der Waals surface area contributed by atoms with Crippen LogP contribution in [0.15, 0.2) is 54.6 Å². The number of nitrogens with zero attached hydrogens (tertiary/aromatic N) is 2. The number of hydrogen-bond donors (Lipinski definition) is 1. The maximum atomic E-state index is 11.8. The highest BCUT2D eigenvalue weighted by Gasteiger charge is 2.24. The maximum absolute atomic E-state index is 11.8. The van der Waals surface area contributed by atoms with E-state index < -0.39 is 4.92 Å². The number of nitro benzene ring substituents is 1. The van der Waals surface area contributed by atoms with Crippen molar-refractivity contribution in [1.82, 2.24) is 9.97 Å². The Kier molecular flexibility index (Phi) is 5.80. The van der Waals surface area contributed by atoms with Crippen molar-refractivity contribution in [1.29, 1.82) is 0 Å². The van der Waals surface area contributed by atoms with Gasteiger partial charge < -0.3 is 23.9 Å². The fourth-order valence-corrected chi connectivity index (χ4v) is 3.36. The Balaban J connectivity index is 1.76. The molecule has 0 saturated carbocycles. The lowest BCUT2D eigenvalue weighted by atomic mass is 10.1. The van der Waals surface area contributed by atoms with Crippen LogP contribution in [-0.2, 0) is 6.61 Å². The average Bonchev–Trinajstić information content (AvgIpc) is 3.24. The van der Waals surface area contributed by atoms with E-state index in [1.54, 1.807) is 32.4 Å². The fourth-order valence-electron chi connectivity index (χ4n) is 3.36. The smallest absolute Gasteiger partial charge is 0.315 e. The van der Waals surface area contributed by atoms with Gasteiger partial charge in [0, 0.05) is 23.8 Å². The second kappa shape index (κ2) is 8.84. The second-order valence-electron chi connectivity index (χ2n) is 6.87. The first-order chi connectivity index (χ1) is 15.5. The van der Waals surface area contributed by atoms with Gasteiger partial charge in [-0.1, -0.05) is 30.3 Å². The van der Waals surface area contributed by atoms with E-state index in [1.807, 2.05) is 30.3 Å². The molecule has 0 amide bonds. The van der Waals surface area contributed by atoms with Crippen molar-refractivity contribution >= 4 is 16.7 Å². The first-order valence-electron chi connectivity index (χ1n) is 9.69. The zero-order valence-electron chi connectivity index (χ0n) is 17.7. The largest absolute Gasteiger partial charge is 0.493 e. The van der Waals surface area contributed by atoms with Crippen LogP contribution in [-0.4, -0.2) is 36.2 Å². The van der Waals surface area contributed by atoms with Gasteiger partial charge in [0.05, 0.1) is 37.3 Å². The molecule has 0 bridgehead atoms. The van der Waals surface area contributed by atoms with Crippen molar-refractivity contribution < 1.29 is 23.9 Å². The van der Waals surface area contributed by atoms with Crippen LogP contribution in [0, 0.1) is 10.1 Å². The van der Waals surface area contributed by atoms with Crippen molar-refractivity contribution in [2.45, 2.75) is 6.61 Å². The van der Waals surface area contributed by atoms with Crippen LogP contribution in [0.3, 0.4) is 0 Å². The number of nitrogens with one attached hydrogen (secondary N) is 1. The van der Waals surface area contributed by atoms with Gasteiger partial charge in [-0.2, -0.15) is 0 Å². The molecular weight excluding hydrogens is 414 g/mol. The van der Waals surface area contributed by atoms with E-state index in [0.29, 0.717) is 33.9 Å². The monoisotopic (exact) mass is 435 g/mol. The van der Waals surface area contributed by atoms with Crippen LogP contribution in [0.4, 0.5) is 5.69 Å². The second-order valence-corrected chi connectivity index (χ2v) is 6.87. The third-order valence-corrected chi connectivity index (χ3v) is 4.94. The van der Waals surface area contributed by atoms with Gasteiger partial charge >= 0.3 is 5.69 Å². The summed E-state index contributed by atoms with van der Waals surface area (Å²) in [6.45, 7) is 0.168. The Morgan fingerprint density at radius 1 is 0.938 bits per heavy atom. The number of fused-ring (bicyclic) bond motifs is 1. The third-order valence-electron chi connectivity index (χ3n) is 4.94. The molecule has 4 aromatic rings. The molecule has 0 fully saturated rings. The molecule has 0 aliphatic rings. The van der Waals surface area contributed by atoms with E-state index in [9.17, 15) is 10.1 Å². The quantitative estimate of drug-likeness (QED) is 0.314. The molecule has 4 rings (SSSR count). The molecule has 0 radical (unpaired) electrons. The van der Waals surface area contributed by atoms with Gasteiger partial charge in [0.25, 0.3) is 0 Å². The lowest BCUT2D eigenvalue weighted by Gasteiger charge is -2.12. The van der Waals surface area contributed by atoms with Crippen LogP contribution < -0.4 is 18.9 Å². The molecule has 32 heavy (non-hydrogen) atoms. The molecule has 0 saturated heterocycles. The van der Waals surface area contributed by atoms with Gasteiger partial charge in [0.2, 0.25) is 5.75 Å². The highest BCUT2D eigenvalue weighted by atomic mass is 16.6. The summed E-state index contributed by atoms with van der Waals surface area (Å²) in [5, 5.41) is 11.8. The predicted molar refractivity (Wildman–Crippen MR) is 119 cm³/mol. The Labute approximate surface area is 183 Å². The van der Waals surface area contributed by atoms with Crippen molar-refractivity contribution in [2.24, 2.45) is 0 Å². The number of hydrogen-bond acceptors (Lipinski definition) is 7. The molecule has 1 N–H and O–H groups in total. The van der Waals surface area contributed by atoms with Crippen molar-refractivity contribution in [3.63, 3.8) is 0 Å². The topological polar surface area (TPSA) is 109 Å². The minimum atomic E-state index is -0.499. The molecule has 9 heteroatoms. The van der Waals surface area contributed by atoms with E-state index in [-0.39, 0.29) is 23.8 Å². The SMILES string of the molecule is COc1cc2nc(-c3cc(OC)c(OCc4ccccc4)c([N+](=O)[O-])c3)[nH]c2cc1OC. The van der Waals surface area contributed by atoms with Crippen molar-refractivity contribution in [3.05, 3.63) is 70.3 Å². The van der Waals surface area contributed by atoms with E-state index in [0.717, 1.165) is 5.56 Å². The van der Waals surface area contributed by atoms with Gasteiger partial charge in [-0.3, -0.25) is 10.1 Å². The summed E-state index contributed by atoms with van der Waals surface area (Å²) in [4.78, 5) is 19.1. The molecule has 164 valence electrons. The number of imidazole rings is 1. The number of ether oxygens (including phenoxy) is 4. The van der Waals surface area contributed by atoms with E-state index >= 15 is 0 Å². The summed E-state index contributed by atoms with van der Waals surface area (Å²) in [6.07, 6.45) is 0. The zero-order valence-corrected chi connectivity index (χ0v) is 17.7. The number of nitro groups is 1. The molecule has 9 nitrogen and oxygen atoms in total. The van der Waals surface area contributed by atoms with Crippen molar-refractivity contribution in [2.75, 3.05) is 21.3 Å². The van der Waals surface area contributed by atoms with Crippen LogP contribution in [0.2, 0.25) is 0 Å². The Hall–Kier alpha value is -4.27. The van der Waals surface area contributed by atoms with E-state index in [2.05, 4.69) is 9.97 Å². The van der Waals surface area contributed by atoms with Gasteiger partial charge in [-0.25, -0.2) is 4.98 Å². The molecule has 3 aromatic carbocycles. The summed E-state index contributed by atoms with van der Waals surface area (Å²) < 4.78 is 21.9. The number of aromatic nitrogens is 2. The first kappa shape index (κ1) is 21.0. The first-order valence-corrected chi connectivity index (χ1v) is 9.69. The fraction of sp³-hybridized carbons (Fsp3) is 0.174. The van der Waals surface area contributed by atoms with Crippen LogP contribution in [0.25, 0.3) is 22.4 Å². The summed E-state index contributed by atoms with van der Waals surface area (Å²) in [6, 6.07) is 15.9. The highest BCUT2D eigenvalue weighted by Crippen LogP contribution is 2.42. The third kappa shape index (κ3) is 4.00. The lowest BCUT2D eigenvalue weighted by molar-refractivity contribution is -0.386. The molecule has 0 aliphatic carbocycles. The molecule has 1 heterocycles. The zero-order chi connectivity index (χ0) is 22.7. The van der Waals surface area contributed by atoms with Crippen molar-refractivity contribution in [3.8, 4) is 34.4 Å². The summed E-state index contributed by atoms with van der Waals surface area (Å²) in [5.74, 6) is 1.81. The number of methoxy groups -OCH3 is 3. The van der Waals surface area contributed by atoms with Gasteiger partial charge in [0.15, 0.2) is 17.2 Å². The Bertz CT molecular complexity index is 1230. The standard InChI is InChI=1S/C23H21N3O6/c1-29-19-11-16-17(12-20(19)30-2)25-23(24-16)15-9-18(26(27)28)22(21(10-15)31-3)32-13-14-7-5-4-6-8-14/h4-12H,13H2,1-3H3,(H,24,25). The minimum absolute atomic E-state index is 0.0598. The molecule has 0 unspecified atom stereocenters. The van der Waals surface area contributed by atoms with Gasteiger partial charge in [-0.05, 0) is 11.6 Å². The number of rotatable bonds is 8. The Morgan fingerprint density at radius 3 is 2.28 bits per heavy atom. The number of H-pyrrole nitrogens is 1. The van der Waals surface area contributed by atoms with E-state index in [4.69, 9.17) is 18.9 Å². The summed E-state index contributed by atoms with van der Waals surface area (Å²) in [5.41, 5.74) is 2.47. The summed E-state index contributed by atoms with van der Waals surface area (Å²) in [7, 11) is 4.52. The molecular formula is C23H21N3O6. The van der Waals surface area contributed by atoms with Gasteiger partial charge in [0.1, 0.15) is 12.4 Å². The maximum Gasteiger partial charge on any atom is 0.315 e. The highest BCUT2D eigenvalue weighted by molar-refractivity contribution is 5.84. The van der Waals surface area contributed by atoms with Crippen LogP contribution in [0.5, 0.6) is 23.0 Å². The number of benzene rings is 3. The number of aromatic amines is 1. The summed E-state index contributed by atoms with van der Waals surface area (Å²) >= 11 is 0. The minimum Gasteiger partial charge on any atom is -0.493 e. The molecule has 0 spiro atoms. The molecule has 0 atom stereocenters. The lowest BCUT2D eigenvalue weighted by Crippen LogP contribution is -2.02. The van der Waals surface area contributed by atoms with Crippen LogP contribution >= 0.6 is 0 Å². The van der Waals surface area contributed by atoms with Gasteiger partial charge in [-0.15, -0.1) is 0 Å². The average molecular weight is 435 g/mol. The molecule has 1 aromatic heterocycles.